The van der Waals surface area contributed by atoms with Gasteiger partial charge in [0.25, 0.3) is 5.91 Å². The quantitative estimate of drug-likeness (QED) is 0.419. The average Bonchev–Trinajstić information content (AvgIpc) is 3.44. The van der Waals surface area contributed by atoms with E-state index >= 15 is 0 Å². The first-order valence-electron chi connectivity index (χ1n) is 9.83. The van der Waals surface area contributed by atoms with Crippen LogP contribution in [0.25, 0.3) is 16.3 Å². The van der Waals surface area contributed by atoms with E-state index in [1.54, 1.807) is 23.2 Å². The van der Waals surface area contributed by atoms with Crippen molar-refractivity contribution in [2.75, 3.05) is 11.7 Å². The molecule has 0 aliphatic carbocycles. The molecule has 0 atom stereocenters. The van der Waals surface area contributed by atoms with Crippen LogP contribution in [0.3, 0.4) is 0 Å². The van der Waals surface area contributed by atoms with Crippen LogP contribution in [0.15, 0.2) is 66.9 Å². The maximum absolute atomic E-state index is 13.2. The van der Waals surface area contributed by atoms with Gasteiger partial charge >= 0.3 is 0 Å². The summed E-state index contributed by atoms with van der Waals surface area (Å²) >= 11 is 1.50. The number of thiazole rings is 1. The Hall–Kier alpha value is -3.71. The van der Waals surface area contributed by atoms with Crippen LogP contribution in [-0.2, 0) is 11.3 Å². The number of hydrogen-bond acceptors (Lipinski definition) is 6. The van der Waals surface area contributed by atoms with E-state index in [9.17, 15) is 4.79 Å². The van der Waals surface area contributed by atoms with Crippen LogP contribution in [0, 0.1) is 6.92 Å². The molecule has 1 amide bonds. The van der Waals surface area contributed by atoms with E-state index in [0.717, 1.165) is 27.0 Å². The number of benzene rings is 2. The first kappa shape index (κ1) is 19.3. The lowest BCUT2D eigenvalue weighted by molar-refractivity contribution is -0.114. The summed E-state index contributed by atoms with van der Waals surface area (Å²) in [7, 11) is 0. The number of carbonyl (C=O) groups excluding carboxylic acids is 1. The summed E-state index contributed by atoms with van der Waals surface area (Å²) in [6.07, 6.45) is 5.05. The van der Waals surface area contributed by atoms with Gasteiger partial charge < -0.3 is 9.47 Å². The summed E-state index contributed by atoms with van der Waals surface area (Å²) in [5.74, 6) is 1.23. The van der Waals surface area contributed by atoms with Gasteiger partial charge in [-0.05, 0) is 54.5 Å². The molecule has 0 fully saturated rings. The Morgan fingerprint density at radius 3 is 2.87 bits per heavy atom. The minimum Gasteiger partial charge on any atom is -0.454 e. The van der Waals surface area contributed by atoms with Crippen LogP contribution in [0.5, 0.6) is 11.5 Å². The highest BCUT2D eigenvalue weighted by atomic mass is 32.1. The molecule has 2 aromatic carbocycles. The highest BCUT2D eigenvalue weighted by Gasteiger charge is 2.20. The van der Waals surface area contributed by atoms with Crippen LogP contribution in [-0.4, -0.2) is 22.7 Å². The van der Waals surface area contributed by atoms with Crippen molar-refractivity contribution < 1.29 is 14.3 Å². The van der Waals surface area contributed by atoms with Crippen molar-refractivity contribution >= 4 is 38.7 Å². The predicted molar refractivity (Wildman–Crippen MR) is 121 cm³/mol. The second kappa shape index (κ2) is 8.20. The number of rotatable bonds is 5. The largest absolute Gasteiger partial charge is 0.454 e. The SMILES string of the molecule is Cc1cccc2sc(N(Cc3ccccn3)C(=O)C=Cc3ccc4c(c3)OCO4)nc12. The summed E-state index contributed by atoms with van der Waals surface area (Å²) in [6, 6.07) is 17.3. The van der Waals surface area contributed by atoms with Gasteiger partial charge in [-0.15, -0.1) is 0 Å². The van der Waals surface area contributed by atoms with Crippen molar-refractivity contribution in [3.63, 3.8) is 0 Å². The lowest BCUT2D eigenvalue weighted by atomic mass is 10.2. The zero-order valence-electron chi connectivity index (χ0n) is 16.8. The number of hydrogen-bond donors (Lipinski definition) is 0. The number of fused-ring (bicyclic) bond motifs is 2. The highest BCUT2D eigenvalue weighted by molar-refractivity contribution is 7.22. The standard InChI is InChI=1S/C24H19N3O3S/c1-16-5-4-7-21-23(16)26-24(31-21)27(14-18-6-2-3-12-25-18)22(28)11-9-17-8-10-19-20(13-17)30-15-29-19/h2-13H,14-15H2,1H3. The summed E-state index contributed by atoms with van der Waals surface area (Å²) < 4.78 is 11.8. The molecule has 1 aliphatic rings. The monoisotopic (exact) mass is 429 g/mol. The van der Waals surface area contributed by atoms with Crippen molar-refractivity contribution in [2.45, 2.75) is 13.5 Å². The third-order valence-electron chi connectivity index (χ3n) is 4.97. The van der Waals surface area contributed by atoms with E-state index in [-0.39, 0.29) is 12.7 Å². The fourth-order valence-corrected chi connectivity index (χ4v) is 4.41. The fourth-order valence-electron chi connectivity index (χ4n) is 3.36. The summed E-state index contributed by atoms with van der Waals surface area (Å²) in [6.45, 7) is 2.58. The van der Waals surface area contributed by atoms with Gasteiger partial charge in [-0.3, -0.25) is 14.7 Å². The Bertz CT molecular complexity index is 1280. The van der Waals surface area contributed by atoms with Gasteiger partial charge in [0.2, 0.25) is 6.79 Å². The maximum Gasteiger partial charge on any atom is 0.253 e. The van der Waals surface area contributed by atoms with E-state index in [0.29, 0.717) is 23.2 Å². The molecule has 0 bridgehead atoms. The van der Waals surface area contributed by atoms with Gasteiger partial charge in [0.1, 0.15) is 0 Å². The van der Waals surface area contributed by atoms with E-state index < -0.39 is 0 Å². The molecule has 154 valence electrons. The van der Waals surface area contributed by atoms with Gasteiger partial charge in [-0.25, -0.2) is 4.98 Å². The smallest absolute Gasteiger partial charge is 0.253 e. The van der Waals surface area contributed by atoms with Crippen molar-refractivity contribution in [1.82, 2.24) is 9.97 Å². The number of nitrogens with zero attached hydrogens (tertiary/aromatic N) is 3. The van der Waals surface area contributed by atoms with E-state index in [2.05, 4.69) is 4.98 Å². The van der Waals surface area contributed by atoms with Crippen molar-refractivity contribution in [3.05, 3.63) is 83.7 Å². The molecule has 0 spiro atoms. The van der Waals surface area contributed by atoms with Gasteiger partial charge in [-0.2, -0.15) is 0 Å². The molecule has 6 nitrogen and oxygen atoms in total. The number of pyridine rings is 1. The molecule has 1 aliphatic heterocycles. The van der Waals surface area contributed by atoms with E-state index in [4.69, 9.17) is 14.5 Å². The zero-order valence-corrected chi connectivity index (χ0v) is 17.6. The first-order valence-corrected chi connectivity index (χ1v) is 10.6. The Morgan fingerprint density at radius 1 is 1.13 bits per heavy atom. The molecule has 31 heavy (non-hydrogen) atoms. The molecular formula is C24H19N3O3S. The van der Waals surface area contributed by atoms with Crippen LogP contribution < -0.4 is 14.4 Å². The number of carbonyl (C=O) groups is 1. The number of aryl methyl sites for hydroxylation is 1. The van der Waals surface area contributed by atoms with E-state index in [1.807, 2.05) is 61.5 Å². The minimum absolute atomic E-state index is 0.167. The van der Waals surface area contributed by atoms with Crippen LogP contribution >= 0.6 is 11.3 Å². The zero-order chi connectivity index (χ0) is 21.2. The topological polar surface area (TPSA) is 64.6 Å². The van der Waals surface area contributed by atoms with E-state index in [1.165, 1.54) is 11.3 Å². The Kier molecular flexibility index (Phi) is 5.09. The molecule has 5 rings (SSSR count). The summed E-state index contributed by atoms with van der Waals surface area (Å²) in [4.78, 5) is 24.0. The van der Waals surface area contributed by atoms with Crippen molar-refractivity contribution in [1.29, 1.82) is 0 Å². The minimum atomic E-state index is -0.167. The molecule has 0 N–H and O–H groups in total. The lowest BCUT2D eigenvalue weighted by Gasteiger charge is -2.17. The normalized spacial score (nSPS) is 12.5. The molecule has 7 heteroatoms. The van der Waals surface area contributed by atoms with Gasteiger partial charge in [0, 0.05) is 12.3 Å². The Balaban J connectivity index is 1.47. The summed E-state index contributed by atoms with van der Waals surface area (Å²) in [5.41, 5.74) is 3.65. The van der Waals surface area contributed by atoms with Gasteiger partial charge in [0.15, 0.2) is 16.6 Å². The Labute approximate surface area is 183 Å². The average molecular weight is 430 g/mol. The molecule has 2 aromatic heterocycles. The molecule has 4 aromatic rings. The maximum atomic E-state index is 13.2. The molecular weight excluding hydrogens is 410 g/mol. The third kappa shape index (κ3) is 4.00. The van der Waals surface area contributed by atoms with Gasteiger partial charge in [0.05, 0.1) is 22.5 Å². The molecule has 0 saturated heterocycles. The highest BCUT2D eigenvalue weighted by Crippen LogP contribution is 2.33. The number of amides is 1. The van der Waals surface area contributed by atoms with Crippen LogP contribution in [0.1, 0.15) is 16.8 Å². The first-order chi connectivity index (χ1) is 15.2. The van der Waals surface area contributed by atoms with Crippen LogP contribution in [0.4, 0.5) is 5.13 Å². The number of aromatic nitrogens is 2. The van der Waals surface area contributed by atoms with Crippen LogP contribution in [0.2, 0.25) is 0 Å². The number of ether oxygens (including phenoxy) is 2. The second-order valence-corrected chi connectivity index (χ2v) is 8.12. The molecule has 0 radical (unpaired) electrons. The summed E-state index contributed by atoms with van der Waals surface area (Å²) in [5, 5.41) is 0.648. The fraction of sp³-hybridized carbons (Fsp3) is 0.125. The predicted octanol–water partition coefficient (Wildman–Crippen LogP) is 4.98. The molecule has 0 unspecified atom stereocenters. The molecule has 0 saturated carbocycles. The van der Waals surface area contributed by atoms with Crippen molar-refractivity contribution in [2.24, 2.45) is 0 Å². The Morgan fingerprint density at radius 2 is 2.03 bits per heavy atom. The lowest BCUT2D eigenvalue weighted by Crippen LogP contribution is -2.29. The second-order valence-electron chi connectivity index (χ2n) is 7.11. The van der Waals surface area contributed by atoms with Gasteiger partial charge in [-0.1, -0.05) is 35.6 Å². The van der Waals surface area contributed by atoms with Crippen molar-refractivity contribution in [3.8, 4) is 11.5 Å². The number of para-hydroxylation sites is 1. The molecule has 3 heterocycles. The third-order valence-corrected chi connectivity index (χ3v) is 6.01. The number of anilines is 1.